The fourth-order valence-corrected chi connectivity index (χ4v) is 5.53. The largest absolute Gasteiger partial charge is 0.327 e. The summed E-state index contributed by atoms with van der Waals surface area (Å²) < 4.78 is 26.4. The van der Waals surface area contributed by atoms with Crippen molar-refractivity contribution < 1.29 is 8.42 Å². The number of hydrogen-bond donors (Lipinski definition) is 1. The fourth-order valence-electron chi connectivity index (χ4n) is 3.35. The molecule has 0 saturated carbocycles. The van der Waals surface area contributed by atoms with Crippen molar-refractivity contribution in [2.45, 2.75) is 64.1 Å². The summed E-state index contributed by atoms with van der Waals surface area (Å²) in [6.45, 7) is 4.15. The second kappa shape index (κ2) is 4.86. The van der Waals surface area contributed by atoms with Crippen LogP contribution in [-0.4, -0.2) is 36.6 Å². The van der Waals surface area contributed by atoms with E-state index in [0.717, 1.165) is 32.1 Å². The van der Waals surface area contributed by atoms with E-state index < -0.39 is 10.0 Å². The number of nitrogens with zero attached hydrogens (tertiary/aromatic N) is 1. The quantitative estimate of drug-likeness (QED) is 0.811. The highest BCUT2D eigenvalue weighted by molar-refractivity contribution is 7.89. The van der Waals surface area contributed by atoms with Gasteiger partial charge in [0, 0.05) is 18.1 Å². The Hall–Kier alpha value is -0.130. The minimum atomic E-state index is -3.13. The first-order valence-corrected chi connectivity index (χ1v) is 8.28. The van der Waals surface area contributed by atoms with Crippen molar-refractivity contribution in [2.75, 3.05) is 5.75 Å². The van der Waals surface area contributed by atoms with Crippen LogP contribution in [0.4, 0.5) is 0 Å². The maximum Gasteiger partial charge on any atom is 0.216 e. The van der Waals surface area contributed by atoms with Crippen molar-refractivity contribution in [3.05, 3.63) is 0 Å². The molecule has 4 nitrogen and oxygen atoms in total. The van der Waals surface area contributed by atoms with Crippen LogP contribution in [0.25, 0.3) is 0 Å². The molecular weight excluding hydrogens is 236 g/mol. The molecule has 2 aliphatic rings. The van der Waals surface area contributed by atoms with Gasteiger partial charge in [-0.25, -0.2) is 8.42 Å². The third kappa shape index (κ3) is 2.83. The zero-order chi connectivity index (χ0) is 12.6. The van der Waals surface area contributed by atoms with Crippen LogP contribution in [0.5, 0.6) is 0 Å². The maximum atomic E-state index is 12.3. The SMILES string of the molecule is CC(C)CC(N)CS(=O)(=O)N1C2CCC1CC2. The molecule has 0 amide bonds. The van der Waals surface area contributed by atoms with Crippen molar-refractivity contribution in [3.63, 3.8) is 0 Å². The van der Waals surface area contributed by atoms with Gasteiger partial charge in [-0.05, 0) is 38.0 Å². The number of nitrogens with two attached hydrogens (primary N) is 1. The van der Waals surface area contributed by atoms with Gasteiger partial charge in [-0.3, -0.25) is 0 Å². The molecule has 2 N–H and O–H groups in total. The average Bonchev–Trinajstić information content (AvgIpc) is 2.73. The lowest BCUT2D eigenvalue weighted by Gasteiger charge is -2.24. The minimum absolute atomic E-state index is 0.123. The zero-order valence-corrected chi connectivity index (χ0v) is 11.6. The maximum absolute atomic E-state index is 12.3. The molecular formula is C12H24N2O2S. The Morgan fingerprint density at radius 1 is 1.18 bits per heavy atom. The summed E-state index contributed by atoms with van der Waals surface area (Å²) in [6.07, 6.45) is 4.96. The third-order valence-corrected chi connectivity index (χ3v) is 5.99. The number of sulfonamides is 1. The first-order chi connectivity index (χ1) is 7.90. The Morgan fingerprint density at radius 3 is 2.06 bits per heavy atom. The Balaban J connectivity index is 2.00. The molecule has 100 valence electrons. The minimum Gasteiger partial charge on any atom is -0.327 e. The van der Waals surface area contributed by atoms with Crippen molar-refractivity contribution in [1.29, 1.82) is 0 Å². The highest BCUT2D eigenvalue weighted by Crippen LogP contribution is 2.39. The van der Waals surface area contributed by atoms with Gasteiger partial charge in [0.05, 0.1) is 5.75 Å². The van der Waals surface area contributed by atoms with Gasteiger partial charge in [-0.15, -0.1) is 0 Å². The Morgan fingerprint density at radius 2 is 1.65 bits per heavy atom. The summed E-state index contributed by atoms with van der Waals surface area (Å²) in [7, 11) is -3.13. The topological polar surface area (TPSA) is 63.4 Å². The first-order valence-electron chi connectivity index (χ1n) is 6.67. The number of fused-ring (bicyclic) bond motifs is 2. The normalized spacial score (nSPS) is 31.3. The Bertz CT molecular complexity index is 347. The fraction of sp³-hybridized carbons (Fsp3) is 1.00. The standard InChI is InChI=1S/C12H24N2O2S/c1-9(2)7-10(13)8-17(15,16)14-11-3-4-12(14)6-5-11/h9-12H,3-8,13H2,1-2H3. The van der Waals surface area contributed by atoms with Crippen LogP contribution in [-0.2, 0) is 10.0 Å². The summed E-state index contributed by atoms with van der Waals surface area (Å²) in [5, 5.41) is 0. The van der Waals surface area contributed by atoms with Gasteiger partial charge in [0.1, 0.15) is 0 Å². The van der Waals surface area contributed by atoms with E-state index in [4.69, 9.17) is 5.73 Å². The van der Waals surface area contributed by atoms with Crippen LogP contribution < -0.4 is 5.73 Å². The molecule has 0 aliphatic carbocycles. The Labute approximate surface area is 105 Å². The van der Waals surface area contributed by atoms with Gasteiger partial charge in [0.15, 0.2) is 0 Å². The molecule has 2 fully saturated rings. The summed E-state index contributed by atoms with van der Waals surface area (Å²) in [4.78, 5) is 0. The zero-order valence-electron chi connectivity index (χ0n) is 10.8. The van der Waals surface area contributed by atoms with Crippen LogP contribution in [0.3, 0.4) is 0 Å². The summed E-state index contributed by atoms with van der Waals surface area (Å²) in [5.74, 6) is 0.577. The molecule has 2 aliphatic heterocycles. The molecule has 2 bridgehead atoms. The molecule has 0 spiro atoms. The lowest BCUT2D eigenvalue weighted by atomic mass is 10.0. The monoisotopic (exact) mass is 260 g/mol. The van der Waals surface area contributed by atoms with Crippen LogP contribution in [0.2, 0.25) is 0 Å². The van der Waals surface area contributed by atoms with Crippen LogP contribution >= 0.6 is 0 Å². The molecule has 2 saturated heterocycles. The number of rotatable bonds is 5. The molecule has 5 heteroatoms. The van der Waals surface area contributed by atoms with Crippen LogP contribution in [0.1, 0.15) is 46.0 Å². The molecule has 0 aromatic rings. The van der Waals surface area contributed by atoms with Crippen molar-refractivity contribution >= 4 is 10.0 Å². The lowest BCUT2D eigenvalue weighted by molar-refractivity contribution is 0.391. The van der Waals surface area contributed by atoms with Crippen molar-refractivity contribution in [1.82, 2.24) is 4.31 Å². The van der Waals surface area contributed by atoms with Crippen molar-refractivity contribution in [2.24, 2.45) is 11.7 Å². The first kappa shape index (κ1) is 13.3. The summed E-state index contributed by atoms with van der Waals surface area (Å²) >= 11 is 0. The predicted molar refractivity (Wildman–Crippen MR) is 69.1 cm³/mol. The summed E-state index contributed by atoms with van der Waals surface area (Å²) in [5.41, 5.74) is 5.93. The van der Waals surface area contributed by atoms with E-state index in [0.29, 0.717) is 5.92 Å². The molecule has 0 aromatic heterocycles. The van der Waals surface area contributed by atoms with E-state index in [9.17, 15) is 8.42 Å². The average molecular weight is 260 g/mol. The van der Waals surface area contributed by atoms with Crippen molar-refractivity contribution in [3.8, 4) is 0 Å². The second-order valence-corrected chi connectivity index (χ2v) is 7.88. The van der Waals surface area contributed by atoms with E-state index in [1.165, 1.54) is 0 Å². The third-order valence-electron chi connectivity index (χ3n) is 3.91. The molecule has 1 unspecified atom stereocenters. The molecule has 0 radical (unpaired) electrons. The predicted octanol–water partition coefficient (Wildman–Crippen LogP) is 1.32. The van der Waals surface area contributed by atoms with E-state index in [-0.39, 0.29) is 23.9 Å². The van der Waals surface area contributed by atoms with Gasteiger partial charge in [-0.1, -0.05) is 13.8 Å². The van der Waals surface area contributed by atoms with Gasteiger partial charge in [-0.2, -0.15) is 4.31 Å². The van der Waals surface area contributed by atoms with E-state index in [1.54, 1.807) is 4.31 Å². The van der Waals surface area contributed by atoms with Gasteiger partial charge >= 0.3 is 0 Å². The molecule has 2 rings (SSSR count). The molecule has 17 heavy (non-hydrogen) atoms. The molecule has 0 aromatic carbocycles. The second-order valence-electron chi connectivity index (χ2n) is 5.96. The van der Waals surface area contributed by atoms with Crippen LogP contribution in [0, 0.1) is 5.92 Å². The molecule has 1 atom stereocenters. The van der Waals surface area contributed by atoms with Gasteiger partial charge in [0.2, 0.25) is 10.0 Å². The van der Waals surface area contributed by atoms with Gasteiger partial charge in [0.25, 0.3) is 0 Å². The van der Waals surface area contributed by atoms with E-state index in [1.807, 2.05) is 0 Å². The number of hydrogen-bond acceptors (Lipinski definition) is 3. The van der Waals surface area contributed by atoms with Crippen LogP contribution in [0.15, 0.2) is 0 Å². The van der Waals surface area contributed by atoms with E-state index >= 15 is 0 Å². The Kier molecular flexibility index (Phi) is 3.80. The van der Waals surface area contributed by atoms with Gasteiger partial charge < -0.3 is 5.73 Å². The van der Waals surface area contributed by atoms with E-state index in [2.05, 4.69) is 13.8 Å². The highest BCUT2D eigenvalue weighted by atomic mass is 32.2. The molecule has 2 heterocycles. The summed E-state index contributed by atoms with van der Waals surface area (Å²) in [6, 6.07) is 0.326. The lowest BCUT2D eigenvalue weighted by Crippen LogP contribution is -2.42. The smallest absolute Gasteiger partial charge is 0.216 e. The highest BCUT2D eigenvalue weighted by Gasteiger charge is 2.46.